The Morgan fingerprint density at radius 2 is 0.889 bits per heavy atom. The van der Waals surface area contributed by atoms with Crippen molar-refractivity contribution in [3.8, 4) is 11.5 Å². The summed E-state index contributed by atoms with van der Waals surface area (Å²) >= 11 is 1.36. The van der Waals surface area contributed by atoms with E-state index in [1.807, 2.05) is 60.7 Å². The summed E-state index contributed by atoms with van der Waals surface area (Å²) in [6.07, 6.45) is -8.65. The van der Waals surface area contributed by atoms with Gasteiger partial charge in [-0.05, 0) is 48.5 Å². The van der Waals surface area contributed by atoms with E-state index in [0.717, 1.165) is 48.5 Å². The fraction of sp³-hybridized carbons (Fsp3) is 0.0571. The average molecular weight is 713 g/mol. The Labute approximate surface area is 275 Å². The molecule has 10 heteroatoms. The van der Waals surface area contributed by atoms with Crippen LogP contribution in [0.15, 0.2) is 152 Å². The first-order valence-electron chi connectivity index (χ1n) is 12.9. The van der Waals surface area contributed by atoms with E-state index >= 15 is 0 Å². The van der Waals surface area contributed by atoms with Crippen molar-refractivity contribution in [3.63, 3.8) is 0 Å². The number of alkyl halides is 6. The zero-order valence-corrected chi connectivity index (χ0v) is 27.1. The number of hydrogen-bond donors (Lipinski definition) is 2. The maximum Gasteiger partial charge on any atom is -0.0809 e. The van der Waals surface area contributed by atoms with Crippen molar-refractivity contribution < 1.29 is 59.9 Å². The van der Waals surface area contributed by atoms with Gasteiger partial charge in [0.15, 0.2) is 0 Å². The zero-order chi connectivity index (χ0) is 33.6. The van der Waals surface area contributed by atoms with Gasteiger partial charge in [-0.15, -0.1) is 29.7 Å². The minimum absolute atomic E-state index is 0.169. The Bertz CT molecular complexity index is 1390. The summed E-state index contributed by atoms with van der Waals surface area (Å²) < 4.78 is 71.0. The molecule has 6 aromatic rings. The molecule has 0 bridgehead atoms. The molecule has 2 N–H and O–H groups in total. The Morgan fingerprint density at radius 3 is 1.18 bits per heavy atom. The minimum Gasteiger partial charge on any atom is -0.184 e. The van der Waals surface area contributed by atoms with E-state index in [1.165, 1.54) is 34.1 Å². The Hall–Kier alpha value is -4.01. The van der Waals surface area contributed by atoms with Gasteiger partial charge in [-0.2, -0.15) is 117 Å². The van der Waals surface area contributed by atoms with Gasteiger partial charge in [0.25, 0.3) is 0 Å². The third-order valence-electron chi connectivity index (χ3n) is 5.15. The van der Waals surface area contributed by atoms with Gasteiger partial charge in [0.1, 0.15) is 11.5 Å². The number of aromatic hydroxyl groups is 2. The second kappa shape index (κ2) is 21.7. The van der Waals surface area contributed by atoms with Crippen molar-refractivity contribution in [1.82, 2.24) is 0 Å². The summed E-state index contributed by atoms with van der Waals surface area (Å²) in [5, 5.41) is 20.0. The summed E-state index contributed by atoms with van der Waals surface area (Å²) in [5.74, 6) is -0.337. The molecule has 0 aliphatic rings. The van der Waals surface area contributed by atoms with E-state index in [9.17, 15) is 26.3 Å². The zero-order valence-electron chi connectivity index (χ0n) is 23.6. The van der Waals surface area contributed by atoms with Crippen LogP contribution in [0, 0.1) is 12.1 Å². The standard InChI is InChI=1S/C9H7.2C7H5F3O.2C6H5.Si.Zr/c1-2-5-9-7-3-6-8(9)4-1;2*8-7(9,10)5-1-3-6(11)4-2-5;2*1-2-4-6-5-3-1;;/h1-7H;2*1-4,11H;2*1-5H;;/q-1;;;2*-1;;. The van der Waals surface area contributed by atoms with Gasteiger partial charge in [0, 0.05) is 0 Å². The Balaban J connectivity index is 0.000000283. The van der Waals surface area contributed by atoms with Crippen LogP contribution in [0.5, 0.6) is 11.5 Å². The predicted molar refractivity (Wildman–Crippen MR) is 162 cm³/mol. The molecule has 0 amide bonds. The smallest absolute Gasteiger partial charge is 0.0809 e. The molecule has 6 rings (SSSR count). The minimum atomic E-state index is -4.33. The number of halogens is 6. The van der Waals surface area contributed by atoms with Crippen LogP contribution in [0.1, 0.15) is 11.1 Å². The number of fused-ring (bicyclic) bond motifs is 1. The number of phenols is 2. The molecule has 0 spiro atoms. The van der Waals surface area contributed by atoms with Gasteiger partial charge in [0.05, 0.1) is 11.1 Å². The van der Waals surface area contributed by atoms with Crippen LogP contribution in [0.2, 0.25) is 0 Å². The van der Waals surface area contributed by atoms with Crippen LogP contribution in [-0.4, -0.2) is 17.1 Å². The SMILES string of the molecule is Oc1ccc(C(F)(F)F)cc1.Oc1ccc(C(F)(F)F)cc1.[Si]=[Zr].[c-]1ccccc1.[c-]1ccccc1.c1ccc2[cH-]ccc2c1. The van der Waals surface area contributed by atoms with Crippen molar-refractivity contribution in [2.75, 3.05) is 0 Å². The van der Waals surface area contributed by atoms with Gasteiger partial charge in [-0.3, -0.25) is 0 Å². The molecule has 6 aromatic carbocycles. The van der Waals surface area contributed by atoms with Crippen molar-refractivity contribution in [2.45, 2.75) is 12.4 Å². The molecule has 45 heavy (non-hydrogen) atoms. The molecular formula is C35H27F6O2SiZr-3. The first kappa shape index (κ1) is 39.0. The quantitative estimate of drug-likeness (QED) is 0.0936. The predicted octanol–water partition coefficient (Wildman–Crippen LogP) is 9.97. The molecule has 232 valence electrons. The van der Waals surface area contributed by atoms with Crippen molar-refractivity contribution >= 4 is 17.7 Å². The molecular weight excluding hydrogens is 686 g/mol. The molecule has 0 aliphatic carbocycles. The summed E-state index contributed by atoms with van der Waals surface area (Å²) in [4.78, 5) is 0. The number of benzene rings is 5. The molecule has 0 saturated carbocycles. The van der Waals surface area contributed by atoms with Gasteiger partial charge in [-0.1, -0.05) is 6.07 Å². The Kier molecular flexibility index (Phi) is 18.8. The molecule has 0 aromatic heterocycles. The fourth-order valence-corrected chi connectivity index (χ4v) is 3.05. The monoisotopic (exact) mass is 711 g/mol. The largest absolute Gasteiger partial charge is 0.184 e. The summed E-state index contributed by atoms with van der Waals surface area (Å²) in [7, 11) is 0. The molecule has 2 radical (unpaired) electrons. The van der Waals surface area contributed by atoms with Crippen molar-refractivity contribution in [3.05, 3.63) is 175 Å². The van der Waals surface area contributed by atoms with Crippen molar-refractivity contribution in [2.24, 2.45) is 0 Å². The number of rotatable bonds is 0. The van der Waals surface area contributed by atoms with Crippen LogP contribution in [0.25, 0.3) is 10.8 Å². The molecule has 2 nitrogen and oxygen atoms in total. The number of hydrogen-bond acceptors (Lipinski definition) is 2. The summed E-state index contributed by atoms with van der Waals surface area (Å²) in [6.45, 7) is 3.06. The van der Waals surface area contributed by atoms with Crippen LogP contribution in [0.3, 0.4) is 0 Å². The normalized spacial score (nSPS) is 9.89. The summed E-state index contributed by atoms with van der Waals surface area (Å²) in [6, 6.07) is 47.0. The third kappa shape index (κ3) is 17.8. The van der Waals surface area contributed by atoms with E-state index < -0.39 is 23.5 Å². The molecule has 0 aliphatic heterocycles. The van der Waals surface area contributed by atoms with E-state index in [0.29, 0.717) is 0 Å². The Morgan fingerprint density at radius 1 is 0.511 bits per heavy atom. The second-order valence-corrected chi connectivity index (χ2v) is 8.40. The number of phenolic OH excluding ortho intramolecular Hbond substituents is 2. The van der Waals surface area contributed by atoms with E-state index in [1.54, 1.807) is 0 Å². The topological polar surface area (TPSA) is 40.5 Å². The molecule has 0 saturated heterocycles. The first-order chi connectivity index (χ1) is 21.5. The molecule has 0 fully saturated rings. The van der Waals surface area contributed by atoms with Gasteiger partial charge in [-0.25, -0.2) is 0 Å². The molecule has 0 atom stereocenters. The maximum absolute atomic E-state index is 11.8. The van der Waals surface area contributed by atoms with Crippen molar-refractivity contribution in [1.29, 1.82) is 0 Å². The average Bonchev–Trinajstić information content (AvgIpc) is 3.54. The van der Waals surface area contributed by atoms with E-state index in [-0.39, 0.29) is 11.5 Å². The summed E-state index contributed by atoms with van der Waals surface area (Å²) in [5.41, 5.74) is -1.51. The van der Waals surface area contributed by atoms with Crippen LogP contribution >= 0.6 is 0 Å². The first-order valence-corrected chi connectivity index (χ1v) is 17.1. The van der Waals surface area contributed by atoms with Crippen LogP contribution in [0.4, 0.5) is 26.3 Å². The fourth-order valence-electron chi connectivity index (χ4n) is 3.05. The third-order valence-corrected chi connectivity index (χ3v) is 5.15. The second-order valence-electron chi connectivity index (χ2n) is 8.40. The van der Waals surface area contributed by atoms with Crippen LogP contribution in [-0.2, 0) is 35.7 Å². The molecule has 0 unspecified atom stereocenters. The van der Waals surface area contributed by atoms with E-state index in [4.69, 9.17) is 10.2 Å². The molecule has 0 heterocycles. The van der Waals surface area contributed by atoms with Gasteiger partial charge < -0.3 is 10.2 Å². The van der Waals surface area contributed by atoms with E-state index in [2.05, 4.69) is 61.5 Å². The maximum atomic E-state index is 11.8. The van der Waals surface area contributed by atoms with Gasteiger partial charge >= 0.3 is 42.6 Å². The van der Waals surface area contributed by atoms with Gasteiger partial charge in [0.2, 0.25) is 0 Å². The van der Waals surface area contributed by atoms with Crippen LogP contribution < -0.4 is 0 Å².